The zero-order valence-electron chi connectivity index (χ0n) is 8.84. The Morgan fingerprint density at radius 3 is 2.81 bits per heavy atom. The Hall–Kier alpha value is -0.550. The van der Waals surface area contributed by atoms with Crippen molar-refractivity contribution in [2.45, 2.75) is 4.90 Å². The first-order valence-corrected chi connectivity index (χ1v) is 5.42. The van der Waals surface area contributed by atoms with Gasteiger partial charge in [0, 0.05) is 22.2 Å². The van der Waals surface area contributed by atoms with Crippen LogP contribution >= 0.6 is 11.8 Å². The van der Waals surface area contributed by atoms with Gasteiger partial charge in [-0.1, -0.05) is 18.2 Å². The molecule has 0 amide bonds. The van der Waals surface area contributed by atoms with E-state index in [-0.39, 0.29) is 35.3 Å². The molecule has 1 aromatic carbocycles. The molecule has 0 spiro atoms. The van der Waals surface area contributed by atoms with Crippen LogP contribution in [0, 0.1) is 0 Å². The number of carbonyl (C=O) groups is 1. The number of carboxylic acids is 1. The Balaban J connectivity index is 0.00000128. The molecule has 76 valence electrons. The van der Waals surface area contributed by atoms with Gasteiger partial charge in [0.2, 0.25) is 0 Å². The second-order valence-electron chi connectivity index (χ2n) is 2.99. The van der Waals surface area contributed by atoms with Gasteiger partial charge in [-0.25, -0.2) is 0 Å². The SMILES string of the molecule is O=C([O-])CSc1cccc2cccnc12.[Na+]. The molecule has 1 aromatic heterocycles. The average Bonchev–Trinajstić information content (AvgIpc) is 2.26. The quantitative estimate of drug-likeness (QED) is 0.464. The Morgan fingerprint density at radius 2 is 2.06 bits per heavy atom. The third kappa shape index (κ3) is 3.22. The van der Waals surface area contributed by atoms with Crippen LogP contribution in [0.25, 0.3) is 10.9 Å². The van der Waals surface area contributed by atoms with Gasteiger partial charge in [0.15, 0.2) is 0 Å². The van der Waals surface area contributed by atoms with Crippen molar-refractivity contribution in [3.8, 4) is 0 Å². The fourth-order valence-corrected chi connectivity index (χ4v) is 2.08. The molecule has 0 aliphatic rings. The third-order valence-electron chi connectivity index (χ3n) is 1.94. The van der Waals surface area contributed by atoms with E-state index in [1.807, 2.05) is 30.3 Å². The molecule has 0 radical (unpaired) electrons. The topological polar surface area (TPSA) is 53.0 Å². The van der Waals surface area contributed by atoms with Crippen LogP contribution in [0.1, 0.15) is 0 Å². The van der Waals surface area contributed by atoms with Crippen molar-refractivity contribution >= 4 is 28.6 Å². The van der Waals surface area contributed by atoms with Gasteiger partial charge in [0.05, 0.1) is 11.5 Å². The third-order valence-corrected chi connectivity index (χ3v) is 2.96. The first-order valence-electron chi connectivity index (χ1n) is 4.44. The van der Waals surface area contributed by atoms with Gasteiger partial charge in [0.25, 0.3) is 0 Å². The number of hydrogen-bond acceptors (Lipinski definition) is 4. The summed E-state index contributed by atoms with van der Waals surface area (Å²) >= 11 is 1.23. The van der Waals surface area contributed by atoms with Crippen LogP contribution in [0.5, 0.6) is 0 Å². The largest absolute Gasteiger partial charge is 1.00 e. The molecule has 0 aliphatic carbocycles. The second-order valence-corrected chi connectivity index (χ2v) is 4.01. The number of nitrogens with zero attached hydrogens (tertiary/aromatic N) is 1. The maximum atomic E-state index is 10.4. The molecule has 0 saturated carbocycles. The standard InChI is InChI=1S/C11H9NO2S.Na/c13-10(14)7-15-9-5-1-3-8-4-2-6-12-11(8)9;/h1-6H,7H2,(H,13,14);/q;+1/p-1. The number of aliphatic carboxylic acids is 1. The van der Waals surface area contributed by atoms with Gasteiger partial charge in [0.1, 0.15) is 0 Å². The first kappa shape index (κ1) is 13.5. The number of carbonyl (C=O) groups excluding carboxylic acids is 1. The summed E-state index contributed by atoms with van der Waals surface area (Å²) in [6.07, 6.45) is 1.70. The number of benzene rings is 1. The number of hydrogen-bond donors (Lipinski definition) is 0. The summed E-state index contributed by atoms with van der Waals surface area (Å²) in [7, 11) is 0. The zero-order valence-corrected chi connectivity index (χ0v) is 11.7. The maximum absolute atomic E-state index is 10.4. The molecule has 2 rings (SSSR count). The van der Waals surface area contributed by atoms with Crippen LogP contribution < -0.4 is 34.7 Å². The summed E-state index contributed by atoms with van der Waals surface area (Å²) in [5.41, 5.74) is 0.839. The van der Waals surface area contributed by atoms with Crippen molar-refractivity contribution in [1.82, 2.24) is 4.98 Å². The Bertz CT molecular complexity index is 499. The molecule has 0 unspecified atom stereocenters. The van der Waals surface area contributed by atoms with E-state index >= 15 is 0 Å². The molecule has 0 aliphatic heterocycles. The molecule has 0 N–H and O–H groups in total. The number of pyridine rings is 1. The predicted molar refractivity (Wildman–Crippen MR) is 57.5 cm³/mol. The van der Waals surface area contributed by atoms with E-state index in [0.29, 0.717) is 0 Å². The van der Waals surface area contributed by atoms with Gasteiger partial charge in [-0.2, -0.15) is 0 Å². The molecule has 1 heterocycles. The van der Waals surface area contributed by atoms with Crippen molar-refractivity contribution in [1.29, 1.82) is 0 Å². The van der Waals surface area contributed by atoms with Crippen LogP contribution in [0.4, 0.5) is 0 Å². The normalized spacial score (nSPS) is 9.75. The summed E-state index contributed by atoms with van der Waals surface area (Å²) in [5, 5.41) is 11.4. The summed E-state index contributed by atoms with van der Waals surface area (Å²) < 4.78 is 0. The van der Waals surface area contributed by atoms with E-state index in [2.05, 4.69) is 4.98 Å². The van der Waals surface area contributed by atoms with E-state index < -0.39 is 5.97 Å². The minimum atomic E-state index is -1.06. The zero-order chi connectivity index (χ0) is 10.7. The van der Waals surface area contributed by atoms with Gasteiger partial charge >= 0.3 is 29.6 Å². The van der Waals surface area contributed by atoms with Gasteiger partial charge in [-0.15, -0.1) is 11.8 Å². The molecular formula is C11H8NNaO2S. The molecule has 0 saturated heterocycles. The van der Waals surface area contributed by atoms with E-state index in [9.17, 15) is 9.90 Å². The van der Waals surface area contributed by atoms with Crippen LogP contribution in [0.15, 0.2) is 41.4 Å². The number of carboxylic acid groups (broad SMARTS) is 1. The average molecular weight is 241 g/mol. The van der Waals surface area contributed by atoms with Gasteiger partial charge in [-0.3, -0.25) is 4.98 Å². The summed E-state index contributed by atoms with van der Waals surface area (Å²) in [6, 6.07) is 9.51. The first-order chi connectivity index (χ1) is 7.27. The predicted octanol–water partition coefficient (Wildman–Crippen LogP) is -1.92. The molecule has 16 heavy (non-hydrogen) atoms. The van der Waals surface area contributed by atoms with Crippen molar-refractivity contribution in [3.05, 3.63) is 36.5 Å². The fourth-order valence-electron chi connectivity index (χ4n) is 1.33. The number of aromatic nitrogens is 1. The van der Waals surface area contributed by atoms with Crippen molar-refractivity contribution in [2.24, 2.45) is 0 Å². The van der Waals surface area contributed by atoms with Crippen LogP contribution in [-0.4, -0.2) is 16.7 Å². The van der Waals surface area contributed by atoms with Crippen molar-refractivity contribution in [3.63, 3.8) is 0 Å². The fraction of sp³-hybridized carbons (Fsp3) is 0.0909. The number of para-hydroxylation sites is 1. The molecule has 0 atom stereocenters. The maximum Gasteiger partial charge on any atom is 1.00 e. The number of fused-ring (bicyclic) bond motifs is 1. The van der Waals surface area contributed by atoms with Crippen molar-refractivity contribution < 1.29 is 39.5 Å². The van der Waals surface area contributed by atoms with E-state index in [0.717, 1.165) is 15.8 Å². The summed E-state index contributed by atoms with van der Waals surface area (Å²) in [6.45, 7) is 0. The molecule has 3 nitrogen and oxygen atoms in total. The molecular weight excluding hydrogens is 233 g/mol. The Labute approximate surface area is 120 Å². The van der Waals surface area contributed by atoms with Crippen LogP contribution in [0.2, 0.25) is 0 Å². The monoisotopic (exact) mass is 241 g/mol. The summed E-state index contributed by atoms with van der Waals surface area (Å²) in [4.78, 5) is 15.5. The van der Waals surface area contributed by atoms with E-state index in [1.165, 1.54) is 11.8 Å². The smallest absolute Gasteiger partial charge is 0.549 e. The van der Waals surface area contributed by atoms with E-state index in [1.54, 1.807) is 6.20 Å². The molecule has 0 fully saturated rings. The van der Waals surface area contributed by atoms with Crippen LogP contribution in [0.3, 0.4) is 0 Å². The van der Waals surface area contributed by atoms with Gasteiger partial charge in [-0.05, 0) is 12.1 Å². The minimum Gasteiger partial charge on any atom is -0.549 e. The number of rotatable bonds is 3. The Kier molecular flexibility index (Phi) is 5.28. The van der Waals surface area contributed by atoms with Gasteiger partial charge < -0.3 is 9.90 Å². The number of thioether (sulfide) groups is 1. The van der Waals surface area contributed by atoms with E-state index in [4.69, 9.17) is 0 Å². The second kappa shape index (κ2) is 6.25. The molecule has 0 bridgehead atoms. The Morgan fingerprint density at radius 1 is 1.31 bits per heavy atom. The molecule has 5 heteroatoms. The molecule has 2 aromatic rings. The van der Waals surface area contributed by atoms with Crippen LogP contribution in [-0.2, 0) is 4.79 Å². The minimum absolute atomic E-state index is 0. The summed E-state index contributed by atoms with van der Waals surface area (Å²) in [5.74, 6) is -1.11. The van der Waals surface area contributed by atoms with Crippen molar-refractivity contribution in [2.75, 3.05) is 5.75 Å².